The van der Waals surface area contributed by atoms with Gasteiger partial charge in [0.05, 0.1) is 33.7 Å². The molecule has 0 unspecified atom stereocenters. The van der Waals surface area contributed by atoms with E-state index in [1.165, 1.54) is 6.92 Å². The Hall–Kier alpha value is -2.31. The summed E-state index contributed by atoms with van der Waals surface area (Å²) in [6.45, 7) is -0.243. The van der Waals surface area contributed by atoms with Crippen molar-refractivity contribution in [1.82, 2.24) is 14.8 Å². The number of likely N-dealkylation sites (tertiary alicyclic amines) is 2. The fourth-order valence-corrected chi connectivity index (χ4v) is 6.65. The molecule has 3 heterocycles. The number of nitrogens with zero attached hydrogens (tertiary/aromatic N) is 3. The van der Waals surface area contributed by atoms with Gasteiger partial charge in [0, 0.05) is 43.1 Å². The van der Waals surface area contributed by atoms with Gasteiger partial charge in [-0.15, -0.1) is 11.3 Å². The van der Waals surface area contributed by atoms with Crippen LogP contribution < -0.4 is 0 Å². The first-order valence-corrected chi connectivity index (χ1v) is 13.9. The number of thiazole rings is 1. The van der Waals surface area contributed by atoms with E-state index in [0.717, 1.165) is 9.80 Å². The van der Waals surface area contributed by atoms with Crippen molar-refractivity contribution in [3.8, 4) is 10.4 Å². The number of β-amino-alcohol motifs (C(OH)–C–C–N with tert-alkyl or cyclic N) is 2. The number of carbonyl (C=O) groups is 2. The van der Waals surface area contributed by atoms with Gasteiger partial charge >= 0.3 is 12.4 Å². The summed E-state index contributed by atoms with van der Waals surface area (Å²) in [5, 5.41) is 26.9. The van der Waals surface area contributed by atoms with Crippen molar-refractivity contribution in [3.05, 3.63) is 38.4 Å². The lowest BCUT2D eigenvalue weighted by molar-refractivity contribution is -0.376. The van der Waals surface area contributed by atoms with Crippen molar-refractivity contribution in [1.29, 1.82) is 0 Å². The first-order chi connectivity index (χ1) is 19.6. The number of alkyl halides is 8. The van der Waals surface area contributed by atoms with Gasteiger partial charge in [-0.25, -0.2) is 13.8 Å². The van der Waals surface area contributed by atoms with Crippen LogP contribution in [0.25, 0.3) is 10.4 Å². The van der Waals surface area contributed by atoms with E-state index in [0.29, 0.717) is 17.4 Å². The normalized spacial score (nSPS) is 23.2. The number of carbonyl (C=O) groups excluding carboxylic acids is 2. The Morgan fingerprint density at radius 3 is 2.05 bits per heavy atom. The Morgan fingerprint density at radius 2 is 1.56 bits per heavy atom. The van der Waals surface area contributed by atoms with E-state index in [4.69, 9.17) is 23.2 Å². The van der Waals surface area contributed by atoms with Crippen LogP contribution in [0, 0.1) is 0 Å². The molecule has 19 heteroatoms. The van der Waals surface area contributed by atoms with Crippen molar-refractivity contribution < 1.29 is 60.0 Å². The average Bonchev–Trinajstić information content (AvgIpc) is 3.42. The smallest absolute Gasteiger partial charge is 0.391 e. The molecular weight excluding hydrogens is 665 g/mol. The zero-order valence-electron chi connectivity index (χ0n) is 21.6. The van der Waals surface area contributed by atoms with Gasteiger partial charge in [0.2, 0.25) is 0 Å². The molecule has 1 aromatic heterocycles. The van der Waals surface area contributed by atoms with Crippen LogP contribution in [-0.2, 0) is 5.60 Å². The van der Waals surface area contributed by atoms with Gasteiger partial charge in [0.15, 0.2) is 5.01 Å². The maximum Gasteiger partial charge on any atom is 0.430 e. The van der Waals surface area contributed by atoms with Gasteiger partial charge in [0.25, 0.3) is 23.3 Å². The Morgan fingerprint density at radius 1 is 1.00 bits per heavy atom. The standard InChI is InChI=1S/C24H21Cl2F8N3O5S/c1-9-5-21(27,28)8-37(9)19(40)16-17(43-18(35-16)20(41)36-6-10(38)4-11(39)7-36)12-2-3-13(15(26)14(12)25)22(42,23(29,30)31)24(32,33)34/h2-3,9-11,38-39,42H,4-8H2,1H3/t9-,10-,11+/m0/s1. The third-order valence-electron chi connectivity index (χ3n) is 7.03. The van der Waals surface area contributed by atoms with Crippen LogP contribution in [0.3, 0.4) is 0 Å². The number of amides is 2. The molecule has 3 N–H and O–H groups in total. The molecule has 2 saturated heterocycles. The van der Waals surface area contributed by atoms with Gasteiger partial charge in [0.1, 0.15) is 5.69 Å². The molecule has 2 aliphatic rings. The Bertz CT molecular complexity index is 1410. The molecule has 2 aromatic rings. The van der Waals surface area contributed by atoms with Crippen LogP contribution in [0.2, 0.25) is 10.0 Å². The number of hydrogen-bond donors (Lipinski definition) is 3. The van der Waals surface area contributed by atoms with E-state index in [2.05, 4.69) is 4.98 Å². The molecule has 3 atom stereocenters. The van der Waals surface area contributed by atoms with E-state index >= 15 is 0 Å². The molecule has 2 fully saturated rings. The lowest BCUT2D eigenvalue weighted by Gasteiger charge is -2.33. The third-order valence-corrected chi connectivity index (χ3v) is 8.99. The molecule has 0 saturated carbocycles. The molecule has 0 spiro atoms. The number of rotatable bonds is 4. The second-order valence-corrected chi connectivity index (χ2v) is 12.0. The second-order valence-electron chi connectivity index (χ2n) is 10.3. The topological polar surface area (TPSA) is 114 Å². The molecule has 0 bridgehead atoms. The molecule has 238 valence electrons. The molecule has 8 nitrogen and oxygen atoms in total. The minimum absolute atomic E-state index is 0.0413. The number of aliphatic hydroxyl groups is 3. The molecule has 2 amide bonds. The summed E-state index contributed by atoms with van der Waals surface area (Å²) >= 11 is 12.4. The van der Waals surface area contributed by atoms with Crippen molar-refractivity contribution >= 4 is 46.4 Å². The Balaban J connectivity index is 1.87. The summed E-state index contributed by atoms with van der Waals surface area (Å²) in [7, 11) is 0. The highest BCUT2D eigenvalue weighted by molar-refractivity contribution is 7.17. The van der Waals surface area contributed by atoms with Gasteiger partial charge in [-0.2, -0.15) is 26.3 Å². The number of hydrogen-bond acceptors (Lipinski definition) is 7. The minimum Gasteiger partial charge on any atom is -0.391 e. The van der Waals surface area contributed by atoms with E-state index in [1.54, 1.807) is 0 Å². The summed E-state index contributed by atoms with van der Waals surface area (Å²) in [5.41, 5.74) is -8.48. The van der Waals surface area contributed by atoms with E-state index in [-0.39, 0.29) is 25.6 Å². The molecular formula is C24H21Cl2F8N3O5S. The molecule has 0 aliphatic carbocycles. The van der Waals surface area contributed by atoms with Crippen molar-refractivity contribution in [3.63, 3.8) is 0 Å². The molecule has 1 aromatic carbocycles. The largest absolute Gasteiger partial charge is 0.430 e. The summed E-state index contributed by atoms with van der Waals surface area (Å²) < 4.78 is 109. The van der Waals surface area contributed by atoms with E-state index in [1.807, 2.05) is 0 Å². The second kappa shape index (κ2) is 11.2. The van der Waals surface area contributed by atoms with Gasteiger partial charge in [-0.1, -0.05) is 35.3 Å². The first kappa shape index (κ1) is 33.6. The fourth-order valence-electron chi connectivity index (χ4n) is 4.98. The third kappa shape index (κ3) is 6.03. The highest BCUT2D eigenvalue weighted by atomic mass is 35.5. The average molecular weight is 686 g/mol. The summed E-state index contributed by atoms with van der Waals surface area (Å²) in [6, 6.07) is -0.260. The first-order valence-electron chi connectivity index (χ1n) is 12.3. The Labute approximate surface area is 251 Å². The van der Waals surface area contributed by atoms with E-state index < -0.39 is 104 Å². The molecule has 0 radical (unpaired) electrons. The predicted molar refractivity (Wildman–Crippen MR) is 136 cm³/mol. The summed E-state index contributed by atoms with van der Waals surface area (Å²) in [4.78, 5) is 32.0. The SMILES string of the molecule is C[C@H]1CC(F)(F)CN1C(=O)c1nc(C(=O)N2C[C@H](O)C[C@H](O)C2)sc1-c1ccc(C(O)(C(F)(F)F)C(F)(F)F)c(Cl)c1Cl. The number of aromatic nitrogens is 1. The molecule has 43 heavy (non-hydrogen) atoms. The maximum absolute atomic E-state index is 14.1. The number of benzene rings is 1. The van der Waals surface area contributed by atoms with Crippen LogP contribution in [-0.4, -0.2) is 98.1 Å². The van der Waals surface area contributed by atoms with E-state index in [9.17, 15) is 60.0 Å². The van der Waals surface area contributed by atoms with Gasteiger partial charge in [-0.3, -0.25) is 9.59 Å². The molecule has 2 aliphatic heterocycles. The highest BCUT2D eigenvalue weighted by Crippen LogP contribution is 2.54. The number of halogens is 10. The zero-order chi connectivity index (χ0) is 32.4. The van der Waals surface area contributed by atoms with Crippen LogP contribution in [0.15, 0.2) is 12.1 Å². The van der Waals surface area contributed by atoms with Crippen LogP contribution in [0.1, 0.15) is 45.6 Å². The van der Waals surface area contributed by atoms with Crippen LogP contribution >= 0.6 is 34.5 Å². The summed E-state index contributed by atoms with van der Waals surface area (Å²) in [5.74, 6) is -5.36. The van der Waals surface area contributed by atoms with Crippen LogP contribution in [0.5, 0.6) is 0 Å². The van der Waals surface area contributed by atoms with Gasteiger partial charge < -0.3 is 25.1 Å². The lowest BCUT2D eigenvalue weighted by atomic mass is 9.91. The molecule has 4 rings (SSSR count). The monoisotopic (exact) mass is 685 g/mol. The maximum atomic E-state index is 14.1. The van der Waals surface area contributed by atoms with Crippen LogP contribution in [0.4, 0.5) is 35.1 Å². The van der Waals surface area contributed by atoms with Crippen molar-refractivity contribution in [2.45, 2.75) is 61.9 Å². The highest BCUT2D eigenvalue weighted by Gasteiger charge is 2.72. The van der Waals surface area contributed by atoms with Crippen molar-refractivity contribution in [2.24, 2.45) is 0 Å². The zero-order valence-corrected chi connectivity index (χ0v) is 23.9. The lowest BCUT2D eigenvalue weighted by Crippen LogP contribution is -2.54. The quantitative estimate of drug-likeness (QED) is 0.396. The number of piperidine rings is 1. The summed E-state index contributed by atoms with van der Waals surface area (Å²) in [6.07, 6.45) is -15.6. The Kier molecular flexibility index (Phi) is 8.78. The minimum atomic E-state index is -6.30. The van der Waals surface area contributed by atoms with Gasteiger partial charge in [-0.05, 0) is 6.92 Å². The predicted octanol–water partition coefficient (Wildman–Crippen LogP) is 4.87. The number of aliphatic hydroxyl groups excluding tert-OH is 2. The van der Waals surface area contributed by atoms with Crippen molar-refractivity contribution in [2.75, 3.05) is 19.6 Å². The fraction of sp³-hybridized carbons (Fsp3) is 0.542.